The number of nitrogens with one attached hydrogen (secondary N) is 1. The Morgan fingerprint density at radius 3 is 2.55 bits per heavy atom. The van der Waals surface area contributed by atoms with Gasteiger partial charge in [-0.15, -0.1) is 0 Å². The lowest BCUT2D eigenvalue weighted by Crippen LogP contribution is -2.33. The zero-order valence-corrected chi connectivity index (χ0v) is 12.8. The second kappa shape index (κ2) is 7.63. The molecule has 3 heteroatoms. The molecular weight excluding hydrogens is 251 g/mol. The molecule has 0 aromatic heterocycles. The third-order valence-corrected chi connectivity index (χ3v) is 4.36. The van der Waals surface area contributed by atoms with E-state index in [-0.39, 0.29) is 5.82 Å². The molecule has 1 aliphatic carbocycles. The van der Waals surface area contributed by atoms with E-state index in [4.69, 9.17) is 0 Å². The number of benzene rings is 1. The molecule has 2 nitrogen and oxygen atoms in total. The van der Waals surface area contributed by atoms with Gasteiger partial charge in [-0.1, -0.05) is 44.7 Å². The van der Waals surface area contributed by atoms with E-state index in [0.717, 1.165) is 24.3 Å². The zero-order valence-electron chi connectivity index (χ0n) is 12.8. The second-order valence-corrected chi connectivity index (χ2v) is 5.78. The quantitative estimate of drug-likeness (QED) is 0.816. The van der Waals surface area contributed by atoms with Crippen molar-refractivity contribution in [1.29, 1.82) is 0 Å². The Labute approximate surface area is 122 Å². The standard InChI is InChI=1S/C17H27FN2/c1-3-19-13-14-9-8-12-16(18)17(14)20(2)15-10-6-4-5-7-11-15/h8-9,12,15,19H,3-7,10-11,13H2,1-2H3. The fourth-order valence-corrected chi connectivity index (χ4v) is 3.18. The van der Waals surface area contributed by atoms with Gasteiger partial charge in [-0.25, -0.2) is 4.39 Å². The van der Waals surface area contributed by atoms with Gasteiger partial charge in [0.25, 0.3) is 0 Å². The van der Waals surface area contributed by atoms with Crippen LogP contribution >= 0.6 is 0 Å². The van der Waals surface area contributed by atoms with Crippen LogP contribution in [-0.2, 0) is 6.54 Å². The van der Waals surface area contributed by atoms with E-state index in [1.165, 1.54) is 38.5 Å². The van der Waals surface area contributed by atoms with Crippen molar-refractivity contribution in [1.82, 2.24) is 5.32 Å². The van der Waals surface area contributed by atoms with E-state index in [1.54, 1.807) is 6.07 Å². The summed E-state index contributed by atoms with van der Waals surface area (Å²) in [5, 5.41) is 3.31. The summed E-state index contributed by atoms with van der Waals surface area (Å²) in [6, 6.07) is 5.91. The fourth-order valence-electron chi connectivity index (χ4n) is 3.18. The van der Waals surface area contributed by atoms with Crippen molar-refractivity contribution in [3.63, 3.8) is 0 Å². The van der Waals surface area contributed by atoms with Crippen LogP contribution in [0.5, 0.6) is 0 Å². The minimum atomic E-state index is -0.0906. The number of hydrogen-bond acceptors (Lipinski definition) is 2. The SMILES string of the molecule is CCNCc1cccc(F)c1N(C)C1CCCCCC1. The van der Waals surface area contributed by atoms with Gasteiger partial charge in [-0.2, -0.15) is 0 Å². The Hall–Kier alpha value is -1.09. The van der Waals surface area contributed by atoms with Gasteiger partial charge in [0.1, 0.15) is 5.82 Å². The van der Waals surface area contributed by atoms with E-state index in [9.17, 15) is 4.39 Å². The largest absolute Gasteiger partial charge is 0.369 e. The first kappa shape index (κ1) is 15.3. The topological polar surface area (TPSA) is 15.3 Å². The predicted molar refractivity (Wildman–Crippen MR) is 83.7 cm³/mol. The van der Waals surface area contributed by atoms with Crippen LogP contribution in [0.25, 0.3) is 0 Å². The van der Waals surface area contributed by atoms with Crippen LogP contribution in [0.3, 0.4) is 0 Å². The summed E-state index contributed by atoms with van der Waals surface area (Å²) < 4.78 is 14.3. The van der Waals surface area contributed by atoms with Crippen molar-refractivity contribution in [2.24, 2.45) is 0 Å². The number of para-hydroxylation sites is 1. The average molecular weight is 278 g/mol. The molecule has 0 saturated heterocycles. The summed E-state index contributed by atoms with van der Waals surface area (Å²) in [4.78, 5) is 2.19. The lowest BCUT2D eigenvalue weighted by Gasteiger charge is -2.31. The number of halogens is 1. The third kappa shape index (κ3) is 3.72. The molecule has 0 atom stereocenters. The van der Waals surface area contributed by atoms with Crippen LogP contribution in [0, 0.1) is 5.82 Å². The average Bonchev–Trinajstić information content (AvgIpc) is 2.73. The minimum Gasteiger partial charge on any atom is -0.369 e. The van der Waals surface area contributed by atoms with Crippen molar-refractivity contribution < 1.29 is 4.39 Å². The van der Waals surface area contributed by atoms with E-state index < -0.39 is 0 Å². The van der Waals surface area contributed by atoms with Crippen molar-refractivity contribution in [2.45, 2.75) is 58.0 Å². The van der Waals surface area contributed by atoms with Gasteiger partial charge < -0.3 is 10.2 Å². The summed E-state index contributed by atoms with van der Waals surface area (Å²) in [6.07, 6.45) is 7.56. The van der Waals surface area contributed by atoms with Crippen LogP contribution in [0.4, 0.5) is 10.1 Å². The molecule has 0 bridgehead atoms. The molecule has 1 aromatic rings. The smallest absolute Gasteiger partial charge is 0.146 e. The maximum Gasteiger partial charge on any atom is 0.146 e. The van der Waals surface area contributed by atoms with Gasteiger partial charge in [-0.05, 0) is 31.0 Å². The van der Waals surface area contributed by atoms with E-state index >= 15 is 0 Å². The zero-order chi connectivity index (χ0) is 14.4. The molecule has 2 rings (SSSR count). The molecule has 1 saturated carbocycles. The molecule has 0 amide bonds. The van der Waals surface area contributed by atoms with Crippen molar-refractivity contribution >= 4 is 5.69 Å². The van der Waals surface area contributed by atoms with Gasteiger partial charge in [0.05, 0.1) is 5.69 Å². The Morgan fingerprint density at radius 1 is 1.20 bits per heavy atom. The third-order valence-electron chi connectivity index (χ3n) is 4.36. The molecule has 0 aliphatic heterocycles. The molecule has 112 valence electrons. The molecule has 1 aromatic carbocycles. The summed E-state index contributed by atoms with van der Waals surface area (Å²) in [5.41, 5.74) is 1.86. The molecular formula is C17H27FN2. The van der Waals surface area contributed by atoms with Gasteiger partial charge in [-0.3, -0.25) is 0 Å². The highest BCUT2D eigenvalue weighted by molar-refractivity contribution is 5.55. The lowest BCUT2D eigenvalue weighted by molar-refractivity contribution is 0.534. The van der Waals surface area contributed by atoms with Gasteiger partial charge >= 0.3 is 0 Å². The molecule has 1 aliphatic rings. The number of hydrogen-bond donors (Lipinski definition) is 1. The molecule has 20 heavy (non-hydrogen) atoms. The first-order valence-electron chi connectivity index (χ1n) is 7.95. The van der Waals surface area contributed by atoms with Crippen LogP contribution in [0.1, 0.15) is 51.0 Å². The Kier molecular flexibility index (Phi) is 5.84. The highest BCUT2D eigenvalue weighted by atomic mass is 19.1. The Morgan fingerprint density at radius 2 is 1.90 bits per heavy atom. The molecule has 1 fully saturated rings. The van der Waals surface area contributed by atoms with Gasteiger partial charge in [0, 0.05) is 19.6 Å². The van der Waals surface area contributed by atoms with Crippen LogP contribution in [-0.4, -0.2) is 19.6 Å². The number of nitrogens with zero attached hydrogens (tertiary/aromatic N) is 1. The Bertz CT molecular complexity index is 411. The maximum atomic E-state index is 14.3. The maximum absolute atomic E-state index is 14.3. The van der Waals surface area contributed by atoms with Gasteiger partial charge in [0.2, 0.25) is 0 Å². The normalized spacial score (nSPS) is 16.9. The minimum absolute atomic E-state index is 0.0906. The molecule has 0 heterocycles. The summed E-state index contributed by atoms with van der Waals surface area (Å²) in [5.74, 6) is -0.0906. The first-order chi connectivity index (χ1) is 9.74. The van der Waals surface area contributed by atoms with E-state index in [1.807, 2.05) is 12.1 Å². The monoisotopic (exact) mass is 278 g/mol. The number of anilines is 1. The molecule has 0 radical (unpaired) electrons. The number of rotatable bonds is 5. The van der Waals surface area contributed by atoms with Crippen molar-refractivity contribution in [2.75, 3.05) is 18.5 Å². The second-order valence-electron chi connectivity index (χ2n) is 5.78. The summed E-state index contributed by atoms with van der Waals surface area (Å²) in [7, 11) is 2.06. The van der Waals surface area contributed by atoms with E-state index in [2.05, 4.69) is 24.2 Å². The first-order valence-corrected chi connectivity index (χ1v) is 7.95. The summed E-state index contributed by atoms with van der Waals surface area (Å²) >= 11 is 0. The predicted octanol–water partition coefficient (Wildman–Crippen LogP) is 4.09. The van der Waals surface area contributed by atoms with Crippen molar-refractivity contribution in [3.8, 4) is 0 Å². The van der Waals surface area contributed by atoms with Crippen LogP contribution in [0.15, 0.2) is 18.2 Å². The Balaban J connectivity index is 2.20. The highest BCUT2D eigenvalue weighted by Gasteiger charge is 2.21. The van der Waals surface area contributed by atoms with Crippen LogP contribution < -0.4 is 10.2 Å². The molecule has 0 unspecified atom stereocenters. The summed E-state index contributed by atoms with van der Waals surface area (Å²) in [6.45, 7) is 3.72. The molecule has 0 spiro atoms. The lowest BCUT2D eigenvalue weighted by atomic mass is 10.0. The fraction of sp³-hybridized carbons (Fsp3) is 0.647. The van der Waals surface area contributed by atoms with Gasteiger partial charge in [0.15, 0.2) is 0 Å². The van der Waals surface area contributed by atoms with Crippen molar-refractivity contribution in [3.05, 3.63) is 29.6 Å². The van der Waals surface area contributed by atoms with E-state index in [0.29, 0.717) is 6.04 Å². The highest BCUT2D eigenvalue weighted by Crippen LogP contribution is 2.30. The molecule has 1 N–H and O–H groups in total. The van der Waals surface area contributed by atoms with Crippen LogP contribution in [0.2, 0.25) is 0 Å².